The summed E-state index contributed by atoms with van der Waals surface area (Å²) in [6.45, 7) is 5.48. The third-order valence-corrected chi connectivity index (χ3v) is 4.38. The molecule has 3 aromatic rings. The minimum absolute atomic E-state index is 0.526. The molecule has 0 saturated heterocycles. The lowest BCUT2D eigenvalue weighted by atomic mass is 10.1. The number of aryl methyl sites for hydroxylation is 2. The van der Waals surface area contributed by atoms with Gasteiger partial charge in [-0.15, -0.1) is 0 Å². The Kier molecular flexibility index (Phi) is 5.62. The minimum Gasteiger partial charge on any atom is -0.489 e. The van der Waals surface area contributed by atoms with Crippen LogP contribution in [-0.2, 0) is 13.2 Å². The lowest BCUT2D eigenvalue weighted by Gasteiger charge is -2.14. The Morgan fingerprint density at radius 2 is 1.68 bits per heavy atom. The molecule has 0 atom stereocenters. The monoisotopic (exact) mass is 351 g/mol. The minimum atomic E-state index is 0.526. The fourth-order valence-corrected chi connectivity index (χ4v) is 2.86. The van der Waals surface area contributed by atoms with Gasteiger partial charge in [-0.05, 0) is 49.2 Å². The molecule has 25 heavy (non-hydrogen) atoms. The number of ether oxygens (including phenoxy) is 1. The fraction of sp³-hybridized carbons (Fsp3) is 0.182. The van der Waals surface area contributed by atoms with E-state index in [0.717, 1.165) is 34.1 Å². The molecule has 0 spiro atoms. The first kappa shape index (κ1) is 17.4. The van der Waals surface area contributed by atoms with Crippen LogP contribution in [0.2, 0.25) is 5.02 Å². The third kappa shape index (κ3) is 4.77. The van der Waals surface area contributed by atoms with E-state index >= 15 is 0 Å². The topological polar surface area (TPSA) is 21.3 Å². The molecule has 0 bridgehead atoms. The second-order valence-corrected chi connectivity index (χ2v) is 6.63. The molecular formula is C22H22ClNO. The molecule has 0 radical (unpaired) electrons. The van der Waals surface area contributed by atoms with Crippen LogP contribution < -0.4 is 10.1 Å². The zero-order chi connectivity index (χ0) is 17.6. The molecule has 3 aromatic carbocycles. The number of para-hydroxylation sites is 1. The van der Waals surface area contributed by atoms with Gasteiger partial charge in [0, 0.05) is 22.8 Å². The lowest BCUT2D eigenvalue weighted by Crippen LogP contribution is -2.04. The summed E-state index contributed by atoms with van der Waals surface area (Å²) in [7, 11) is 0. The van der Waals surface area contributed by atoms with Gasteiger partial charge in [0.15, 0.2) is 0 Å². The standard InChI is InChI=1S/C22H22ClNO/c1-16-7-12-21(17(2)13-16)24-14-19-5-3-4-6-22(19)25-15-18-8-10-20(23)11-9-18/h3-13,24H,14-15H2,1-2H3. The first-order valence-electron chi connectivity index (χ1n) is 8.38. The molecule has 128 valence electrons. The highest BCUT2D eigenvalue weighted by Gasteiger charge is 2.05. The van der Waals surface area contributed by atoms with Crippen molar-refractivity contribution in [3.8, 4) is 5.75 Å². The first-order chi connectivity index (χ1) is 12.1. The van der Waals surface area contributed by atoms with E-state index in [1.165, 1.54) is 11.1 Å². The average molecular weight is 352 g/mol. The Balaban J connectivity index is 1.67. The van der Waals surface area contributed by atoms with Gasteiger partial charge in [0.2, 0.25) is 0 Å². The number of anilines is 1. The first-order valence-corrected chi connectivity index (χ1v) is 8.76. The summed E-state index contributed by atoms with van der Waals surface area (Å²) in [6, 6.07) is 22.3. The molecule has 0 heterocycles. The molecule has 3 rings (SSSR count). The van der Waals surface area contributed by atoms with Crippen LogP contribution in [0.5, 0.6) is 5.75 Å². The summed E-state index contributed by atoms with van der Waals surface area (Å²) in [6.07, 6.45) is 0. The molecule has 0 aromatic heterocycles. The molecule has 0 saturated carbocycles. The van der Waals surface area contributed by atoms with Crippen molar-refractivity contribution in [2.24, 2.45) is 0 Å². The summed E-state index contributed by atoms with van der Waals surface area (Å²) in [5.41, 5.74) is 5.91. The maximum Gasteiger partial charge on any atom is 0.124 e. The van der Waals surface area contributed by atoms with Crippen molar-refractivity contribution in [3.63, 3.8) is 0 Å². The Morgan fingerprint density at radius 1 is 0.920 bits per heavy atom. The van der Waals surface area contributed by atoms with Crippen LogP contribution in [0.25, 0.3) is 0 Å². The van der Waals surface area contributed by atoms with Crippen molar-refractivity contribution in [2.75, 3.05) is 5.32 Å². The maximum atomic E-state index is 6.02. The molecule has 0 aliphatic carbocycles. The Morgan fingerprint density at radius 3 is 2.44 bits per heavy atom. The summed E-state index contributed by atoms with van der Waals surface area (Å²) in [4.78, 5) is 0. The van der Waals surface area contributed by atoms with Crippen molar-refractivity contribution >= 4 is 17.3 Å². The predicted octanol–water partition coefficient (Wildman–Crippen LogP) is 6.15. The van der Waals surface area contributed by atoms with Crippen LogP contribution in [0, 0.1) is 13.8 Å². The zero-order valence-corrected chi connectivity index (χ0v) is 15.3. The van der Waals surface area contributed by atoms with Crippen LogP contribution in [0.4, 0.5) is 5.69 Å². The molecule has 0 unspecified atom stereocenters. The largest absolute Gasteiger partial charge is 0.489 e. The van der Waals surface area contributed by atoms with Crippen LogP contribution in [-0.4, -0.2) is 0 Å². The van der Waals surface area contributed by atoms with Crippen molar-refractivity contribution in [1.82, 2.24) is 0 Å². The second kappa shape index (κ2) is 8.09. The second-order valence-electron chi connectivity index (χ2n) is 6.19. The Hall–Kier alpha value is -2.45. The predicted molar refractivity (Wildman–Crippen MR) is 105 cm³/mol. The number of benzene rings is 3. The SMILES string of the molecule is Cc1ccc(NCc2ccccc2OCc2ccc(Cl)cc2)c(C)c1. The number of nitrogens with one attached hydrogen (secondary N) is 1. The molecule has 0 aliphatic heterocycles. The molecule has 0 fully saturated rings. The van der Waals surface area contributed by atoms with E-state index in [-0.39, 0.29) is 0 Å². The van der Waals surface area contributed by atoms with Gasteiger partial charge in [-0.1, -0.05) is 59.6 Å². The fourth-order valence-electron chi connectivity index (χ4n) is 2.73. The van der Waals surface area contributed by atoms with E-state index in [1.807, 2.05) is 42.5 Å². The molecule has 1 N–H and O–H groups in total. The van der Waals surface area contributed by atoms with Gasteiger partial charge < -0.3 is 10.1 Å². The number of hydrogen-bond donors (Lipinski definition) is 1. The maximum absolute atomic E-state index is 6.02. The van der Waals surface area contributed by atoms with Gasteiger partial charge in [0.25, 0.3) is 0 Å². The van der Waals surface area contributed by atoms with Gasteiger partial charge in [0.1, 0.15) is 12.4 Å². The summed E-state index contributed by atoms with van der Waals surface area (Å²) < 4.78 is 6.02. The Labute approximate surface area is 154 Å². The number of halogens is 1. The van der Waals surface area contributed by atoms with Crippen molar-refractivity contribution in [3.05, 3.63) is 94.0 Å². The highest BCUT2D eigenvalue weighted by atomic mass is 35.5. The third-order valence-electron chi connectivity index (χ3n) is 4.13. The highest BCUT2D eigenvalue weighted by molar-refractivity contribution is 6.30. The normalized spacial score (nSPS) is 10.5. The molecule has 3 heteroatoms. The van der Waals surface area contributed by atoms with E-state index in [9.17, 15) is 0 Å². The highest BCUT2D eigenvalue weighted by Crippen LogP contribution is 2.23. The van der Waals surface area contributed by atoms with E-state index in [4.69, 9.17) is 16.3 Å². The molecule has 2 nitrogen and oxygen atoms in total. The van der Waals surface area contributed by atoms with Gasteiger partial charge >= 0.3 is 0 Å². The van der Waals surface area contributed by atoms with E-state index in [1.54, 1.807) is 0 Å². The van der Waals surface area contributed by atoms with Crippen LogP contribution in [0.15, 0.2) is 66.7 Å². The van der Waals surface area contributed by atoms with Crippen LogP contribution in [0.1, 0.15) is 22.3 Å². The van der Waals surface area contributed by atoms with Gasteiger partial charge in [0.05, 0.1) is 0 Å². The van der Waals surface area contributed by atoms with E-state index < -0.39 is 0 Å². The number of hydrogen-bond acceptors (Lipinski definition) is 2. The summed E-state index contributed by atoms with van der Waals surface area (Å²) >= 11 is 5.93. The van der Waals surface area contributed by atoms with Gasteiger partial charge in [-0.3, -0.25) is 0 Å². The van der Waals surface area contributed by atoms with Crippen molar-refractivity contribution in [1.29, 1.82) is 0 Å². The van der Waals surface area contributed by atoms with Crippen molar-refractivity contribution < 1.29 is 4.74 Å². The molecule has 0 amide bonds. The smallest absolute Gasteiger partial charge is 0.124 e. The molecule has 0 aliphatic rings. The van der Waals surface area contributed by atoms with Crippen LogP contribution in [0.3, 0.4) is 0 Å². The Bertz CT molecular complexity index is 843. The number of rotatable bonds is 6. The quantitative estimate of drug-likeness (QED) is 0.575. The molecular weight excluding hydrogens is 330 g/mol. The zero-order valence-electron chi connectivity index (χ0n) is 14.6. The van der Waals surface area contributed by atoms with Gasteiger partial charge in [-0.25, -0.2) is 0 Å². The summed E-state index contributed by atoms with van der Waals surface area (Å²) in [5, 5.41) is 4.24. The van der Waals surface area contributed by atoms with E-state index in [0.29, 0.717) is 6.61 Å². The van der Waals surface area contributed by atoms with Crippen LogP contribution >= 0.6 is 11.6 Å². The van der Waals surface area contributed by atoms with Gasteiger partial charge in [-0.2, -0.15) is 0 Å². The van der Waals surface area contributed by atoms with Crippen molar-refractivity contribution in [2.45, 2.75) is 27.0 Å². The average Bonchev–Trinajstić information content (AvgIpc) is 2.61. The van der Waals surface area contributed by atoms with E-state index in [2.05, 4.69) is 43.4 Å². The lowest BCUT2D eigenvalue weighted by molar-refractivity contribution is 0.303. The summed E-state index contributed by atoms with van der Waals surface area (Å²) in [5.74, 6) is 0.898.